The first-order valence-electron chi connectivity index (χ1n) is 13.4. The van der Waals surface area contributed by atoms with Crippen molar-refractivity contribution in [3.8, 4) is 11.5 Å². The maximum absolute atomic E-state index is 13.9. The molecular weight excluding hydrogens is 540 g/mol. The Hall–Kier alpha value is -3.31. The van der Waals surface area contributed by atoms with Crippen LogP contribution in [-0.2, 0) is 22.4 Å². The van der Waals surface area contributed by atoms with Crippen LogP contribution >= 0.6 is 11.3 Å². The lowest BCUT2D eigenvalue weighted by atomic mass is 9.80. The smallest absolute Gasteiger partial charge is 0.235 e. The second-order valence-electron chi connectivity index (χ2n) is 11.2. The number of likely N-dealkylation sites (tertiary alicyclic amines) is 1. The number of hydrogen-bond acceptors (Lipinski definition) is 7. The van der Waals surface area contributed by atoms with E-state index in [2.05, 4.69) is 12.0 Å². The summed E-state index contributed by atoms with van der Waals surface area (Å²) in [4.78, 5) is 31.4. The van der Waals surface area contributed by atoms with E-state index in [0.717, 1.165) is 34.3 Å². The van der Waals surface area contributed by atoms with E-state index < -0.39 is 35.3 Å². The average Bonchev–Trinajstić information content (AvgIpc) is 3.62. The normalized spacial score (nSPS) is 17.1. The number of carbonyl (C=O) groups is 2. The first-order chi connectivity index (χ1) is 19.0. The first-order valence-corrected chi connectivity index (χ1v) is 14.2. The van der Waals surface area contributed by atoms with Crippen molar-refractivity contribution >= 4 is 38.6 Å². The molecule has 0 radical (unpaired) electrons. The van der Waals surface area contributed by atoms with E-state index in [9.17, 15) is 23.5 Å². The highest BCUT2D eigenvalue weighted by Crippen LogP contribution is 2.44. The van der Waals surface area contributed by atoms with Gasteiger partial charge in [-0.2, -0.15) is 0 Å². The predicted molar refractivity (Wildman–Crippen MR) is 146 cm³/mol. The fourth-order valence-corrected chi connectivity index (χ4v) is 7.05. The number of nitrogens with zero attached hydrogens (tertiary/aromatic N) is 3. The molecule has 3 aromatic rings. The van der Waals surface area contributed by atoms with E-state index in [-0.39, 0.29) is 12.8 Å². The number of carbonyl (C=O) groups excluding carboxylic acids is 2. The molecule has 0 N–H and O–H groups in total. The van der Waals surface area contributed by atoms with Crippen LogP contribution in [0.3, 0.4) is 0 Å². The molecule has 2 heterocycles. The number of hydrogen-bond donors (Lipinski definition) is 0. The van der Waals surface area contributed by atoms with E-state index in [1.54, 1.807) is 13.2 Å². The molecule has 0 atom stereocenters. The quantitative estimate of drug-likeness (QED) is 0.273. The number of aliphatic carboxylic acids is 1. The van der Waals surface area contributed by atoms with Gasteiger partial charge in [0.15, 0.2) is 28.3 Å². The third-order valence-corrected chi connectivity index (χ3v) is 9.33. The number of methoxy groups -OCH3 is 1. The van der Waals surface area contributed by atoms with Crippen molar-refractivity contribution < 1.29 is 37.4 Å². The zero-order valence-electron chi connectivity index (χ0n) is 22.9. The Morgan fingerprint density at radius 3 is 2.35 bits per heavy atom. The van der Waals surface area contributed by atoms with E-state index in [4.69, 9.17) is 9.47 Å². The summed E-state index contributed by atoms with van der Waals surface area (Å²) in [6, 6.07) is 5.67. The SMILES string of the molecule is COc1cc2sc(N(C)C(=O)C3(CC(=O)[O-])Cc4cc(F)c(F)cc4C3)nc2cc1OCCC[N+]1(C)CCCC1. The lowest BCUT2D eigenvalue weighted by Crippen LogP contribution is -2.46. The van der Waals surface area contributed by atoms with Gasteiger partial charge in [-0.3, -0.25) is 9.69 Å². The van der Waals surface area contributed by atoms with Gasteiger partial charge in [0, 0.05) is 50.8 Å². The standard InChI is InChI=1S/C29H33F2N3O5S/c1-33(27(37)29(17-26(35)36)15-18-11-20(30)21(31)12-19(18)16-29)28-32-22-13-24(23(38-3)14-25(22)40-28)39-10-6-9-34(2)7-4-5-8-34/h11-14H,4-10,15-17H2,1-3H3. The number of amides is 1. The maximum atomic E-state index is 13.9. The van der Waals surface area contributed by atoms with E-state index in [1.165, 1.54) is 49.2 Å². The van der Waals surface area contributed by atoms with Crippen LogP contribution in [0.1, 0.15) is 36.8 Å². The van der Waals surface area contributed by atoms with Crippen LogP contribution in [0, 0.1) is 17.0 Å². The topological polar surface area (TPSA) is 91.8 Å². The number of anilines is 1. The van der Waals surface area contributed by atoms with Crippen LogP contribution in [0.15, 0.2) is 24.3 Å². The molecule has 2 aliphatic rings. The summed E-state index contributed by atoms with van der Waals surface area (Å²) in [6.45, 7) is 3.99. The van der Waals surface area contributed by atoms with Crippen molar-refractivity contribution in [3.63, 3.8) is 0 Å². The number of rotatable bonds is 10. The number of quaternary nitrogens is 1. The number of fused-ring (bicyclic) bond motifs is 2. The predicted octanol–water partition coefficient (Wildman–Crippen LogP) is 3.48. The van der Waals surface area contributed by atoms with Crippen molar-refractivity contribution in [2.24, 2.45) is 5.41 Å². The molecule has 1 aliphatic heterocycles. The number of carboxylic acids is 1. The van der Waals surface area contributed by atoms with Crippen LogP contribution in [0.5, 0.6) is 11.5 Å². The van der Waals surface area contributed by atoms with Crippen molar-refractivity contribution in [1.82, 2.24) is 4.98 Å². The van der Waals surface area contributed by atoms with Gasteiger partial charge < -0.3 is 23.9 Å². The molecule has 214 valence electrons. The highest BCUT2D eigenvalue weighted by molar-refractivity contribution is 7.22. The Morgan fingerprint density at radius 1 is 1.10 bits per heavy atom. The number of halogens is 2. The third kappa shape index (κ3) is 5.49. The summed E-state index contributed by atoms with van der Waals surface area (Å²) in [5.41, 5.74) is 0.00715. The van der Waals surface area contributed by atoms with E-state index in [0.29, 0.717) is 39.9 Å². The number of ether oxygens (including phenoxy) is 2. The minimum atomic E-state index is -1.44. The summed E-state index contributed by atoms with van der Waals surface area (Å²) in [7, 11) is 5.37. The zero-order chi connectivity index (χ0) is 28.7. The molecule has 2 aromatic carbocycles. The Labute approximate surface area is 235 Å². The molecule has 11 heteroatoms. The molecular formula is C29H33F2N3O5S. The second-order valence-corrected chi connectivity index (χ2v) is 12.3. The number of carboxylic acid groups (broad SMARTS) is 1. The molecule has 0 spiro atoms. The van der Waals surface area contributed by atoms with Crippen molar-refractivity contribution in [3.05, 3.63) is 47.0 Å². The van der Waals surface area contributed by atoms with Gasteiger partial charge in [0.25, 0.3) is 0 Å². The Morgan fingerprint density at radius 2 is 1.75 bits per heavy atom. The van der Waals surface area contributed by atoms with Crippen LogP contribution in [0.25, 0.3) is 10.2 Å². The van der Waals surface area contributed by atoms with Gasteiger partial charge in [-0.15, -0.1) is 0 Å². The zero-order valence-corrected chi connectivity index (χ0v) is 23.7. The number of thiazole rings is 1. The molecule has 1 aliphatic carbocycles. The first kappa shape index (κ1) is 28.2. The Bertz CT molecular complexity index is 1420. The fourth-order valence-electron chi connectivity index (χ4n) is 6.11. The van der Waals surface area contributed by atoms with Gasteiger partial charge in [0.05, 0.1) is 56.0 Å². The molecule has 8 nitrogen and oxygen atoms in total. The van der Waals surface area contributed by atoms with Crippen LogP contribution in [0.4, 0.5) is 13.9 Å². The number of aromatic nitrogens is 1. The van der Waals surface area contributed by atoms with Gasteiger partial charge in [-0.25, -0.2) is 13.8 Å². The van der Waals surface area contributed by atoms with Gasteiger partial charge >= 0.3 is 0 Å². The summed E-state index contributed by atoms with van der Waals surface area (Å²) < 4.78 is 41.2. The largest absolute Gasteiger partial charge is 0.550 e. The minimum absolute atomic E-state index is 0.0366. The summed E-state index contributed by atoms with van der Waals surface area (Å²) >= 11 is 1.25. The maximum Gasteiger partial charge on any atom is 0.235 e. The van der Waals surface area contributed by atoms with Crippen LogP contribution in [0.2, 0.25) is 0 Å². The molecule has 0 saturated carbocycles. The minimum Gasteiger partial charge on any atom is -0.550 e. The molecule has 0 bridgehead atoms. The third-order valence-electron chi connectivity index (χ3n) is 8.24. The summed E-state index contributed by atoms with van der Waals surface area (Å²) in [5.74, 6) is -2.86. The van der Waals surface area contributed by atoms with Crippen molar-refractivity contribution in [2.45, 2.75) is 38.5 Å². The Kier molecular flexibility index (Phi) is 7.71. The molecule has 40 heavy (non-hydrogen) atoms. The monoisotopic (exact) mass is 573 g/mol. The van der Waals surface area contributed by atoms with Crippen molar-refractivity contribution in [2.75, 3.05) is 52.3 Å². The average molecular weight is 574 g/mol. The molecule has 5 rings (SSSR count). The molecule has 1 aromatic heterocycles. The van der Waals surface area contributed by atoms with Gasteiger partial charge in [0.1, 0.15) is 0 Å². The molecule has 0 unspecified atom stereocenters. The van der Waals surface area contributed by atoms with E-state index >= 15 is 0 Å². The highest BCUT2D eigenvalue weighted by atomic mass is 32.1. The summed E-state index contributed by atoms with van der Waals surface area (Å²) in [6.07, 6.45) is 2.79. The molecule has 1 amide bonds. The molecule has 1 fully saturated rings. The lowest BCUT2D eigenvalue weighted by molar-refractivity contribution is -0.897. The summed E-state index contributed by atoms with van der Waals surface area (Å²) in [5, 5.41) is 12.0. The van der Waals surface area contributed by atoms with Gasteiger partial charge in [-0.05, 0) is 36.1 Å². The lowest BCUT2D eigenvalue weighted by Gasteiger charge is -2.31. The second kappa shape index (κ2) is 10.9. The fraction of sp³-hybridized carbons (Fsp3) is 0.483. The highest BCUT2D eigenvalue weighted by Gasteiger charge is 2.46. The molecule has 1 saturated heterocycles. The van der Waals surface area contributed by atoms with Crippen LogP contribution in [-0.4, -0.2) is 68.8 Å². The number of benzene rings is 2. The van der Waals surface area contributed by atoms with Gasteiger partial charge in [0.2, 0.25) is 5.91 Å². The van der Waals surface area contributed by atoms with Crippen molar-refractivity contribution in [1.29, 1.82) is 0 Å². The van der Waals surface area contributed by atoms with Crippen LogP contribution < -0.4 is 19.5 Å². The van der Waals surface area contributed by atoms with E-state index in [1.807, 2.05) is 6.07 Å². The Balaban J connectivity index is 1.35. The van der Waals surface area contributed by atoms with Gasteiger partial charge in [-0.1, -0.05) is 11.3 Å².